The van der Waals surface area contributed by atoms with Gasteiger partial charge in [-0.3, -0.25) is 9.59 Å². The number of carbonyl (C=O) groups excluding carboxylic acids is 2. The Morgan fingerprint density at radius 1 is 1.05 bits per heavy atom. The van der Waals surface area contributed by atoms with Crippen LogP contribution in [0.1, 0.15) is 65.9 Å². The molecule has 242 valence electrons. The molecule has 2 amide bonds. The number of carbonyl (C=O) groups is 2. The maximum absolute atomic E-state index is 13.5. The Labute approximate surface area is 261 Å². The number of aromatic nitrogens is 1. The molecule has 0 unspecified atom stereocenters. The summed E-state index contributed by atoms with van der Waals surface area (Å²) in [6, 6.07) is 12.5. The summed E-state index contributed by atoms with van der Waals surface area (Å²) in [5.74, 6) is -0.408. The number of sulfonamides is 1. The molecule has 1 aromatic heterocycles. The van der Waals surface area contributed by atoms with Gasteiger partial charge in [-0.2, -0.15) is 4.31 Å². The highest BCUT2D eigenvalue weighted by molar-refractivity contribution is 7.89. The minimum absolute atomic E-state index is 0.0504. The number of H-pyrrole nitrogens is 1. The van der Waals surface area contributed by atoms with Gasteiger partial charge in [0.05, 0.1) is 11.5 Å². The summed E-state index contributed by atoms with van der Waals surface area (Å²) in [5, 5.41) is 17.1. The van der Waals surface area contributed by atoms with E-state index in [2.05, 4.69) is 15.6 Å². The van der Waals surface area contributed by atoms with Gasteiger partial charge >= 0.3 is 0 Å². The smallest absolute Gasteiger partial charge is 0.243 e. The third-order valence-corrected chi connectivity index (χ3v) is 9.29. The summed E-state index contributed by atoms with van der Waals surface area (Å²) in [5.41, 5.74) is 7.90. The van der Waals surface area contributed by atoms with Crippen LogP contribution < -0.4 is 16.4 Å². The van der Waals surface area contributed by atoms with E-state index in [0.717, 1.165) is 16.5 Å². The van der Waals surface area contributed by atoms with Crippen LogP contribution in [0.2, 0.25) is 0 Å². The number of nitrogens with zero attached hydrogens (tertiary/aromatic N) is 1. The maximum Gasteiger partial charge on any atom is 0.243 e. The summed E-state index contributed by atoms with van der Waals surface area (Å²) < 4.78 is 28.4. The molecule has 0 aliphatic heterocycles. The van der Waals surface area contributed by atoms with E-state index in [4.69, 9.17) is 5.73 Å². The van der Waals surface area contributed by atoms with Crippen molar-refractivity contribution in [2.45, 2.75) is 83.7 Å². The van der Waals surface area contributed by atoms with Gasteiger partial charge in [0.2, 0.25) is 21.8 Å². The van der Waals surface area contributed by atoms with Gasteiger partial charge in [-0.1, -0.05) is 59.2 Å². The van der Waals surface area contributed by atoms with Gasteiger partial charge < -0.3 is 26.5 Å². The van der Waals surface area contributed by atoms with Crippen molar-refractivity contribution in [2.75, 3.05) is 25.4 Å². The van der Waals surface area contributed by atoms with E-state index < -0.39 is 22.1 Å². The average molecular weight is 628 g/mol. The number of nitrogens with one attached hydrogen (secondary N) is 3. The third kappa shape index (κ3) is 10.1. The number of benzene rings is 2. The Morgan fingerprint density at radius 3 is 2.36 bits per heavy atom. The van der Waals surface area contributed by atoms with E-state index >= 15 is 0 Å². The minimum atomic E-state index is -3.85. The zero-order valence-electron chi connectivity index (χ0n) is 26.6. The molecule has 0 saturated carbocycles. The van der Waals surface area contributed by atoms with E-state index in [9.17, 15) is 23.1 Å². The number of para-hydroxylation sites is 1. The Morgan fingerprint density at radius 2 is 1.73 bits per heavy atom. The molecule has 0 aliphatic rings. The van der Waals surface area contributed by atoms with Crippen molar-refractivity contribution in [3.8, 4) is 0 Å². The Balaban J connectivity index is 1.63. The topological polar surface area (TPSA) is 158 Å². The van der Waals surface area contributed by atoms with Crippen LogP contribution >= 0.6 is 0 Å². The van der Waals surface area contributed by atoms with Gasteiger partial charge in [-0.25, -0.2) is 8.42 Å². The van der Waals surface area contributed by atoms with Crippen molar-refractivity contribution in [1.82, 2.24) is 19.9 Å². The molecule has 44 heavy (non-hydrogen) atoms. The monoisotopic (exact) mass is 627 g/mol. The highest BCUT2D eigenvalue weighted by Crippen LogP contribution is 2.24. The second-order valence-electron chi connectivity index (χ2n) is 13.1. The molecule has 1 heterocycles. The zero-order valence-corrected chi connectivity index (χ0v) is 27.4. The van der Waals surface area contributed by atoms with Crippen molar-refractivity contribution < 1.29 is 23.1 Å². The second-order valence-corrected chi connectivity index (χ2v) is 15.0. The fourth-order valence-corrected chi connectivity index (χ4v) is 7.01. The number of aromatic amines is 1. The molecule has 3 aromatic rings. The third-order valence-electron chi connectivity index (χ3n) is 7.35. The fraction of sp³-hybridized carbons (Fsp3) is 0.515. The number of aliphatic hydroxyl groups is 1. The van der Waals surface area contributed by atoms with Gasteiger partial charge in [-0.15, -0.1) is 0 Å². The first-order valence-electron chi connectivity index (χ1n) is 15.3. The first-order valence-corrected chi connectivity index (χ1v) is 16.8. The number of unbranched alkanes of at least 4 members (excludes halogenated alkanes) is 1. The van der Waals surface area contributed by atoms with Gasteiger partial charge in [0.15, 0.2) is 0 Å². The molecule has 2 aromatic carbocycles. The summed E-state index contributed by atoms with van der Waals surface area (Å²) in [7, 11) is -3.85. The van der Waals surface area contributed by atoms with E-state index in [1.54, 1.807) is 12.1 Å². The summed E-state index contributed by atoms with van der Waals surface area (Å²) in [6.07, 6.45) is 4.09. The Bertz CT molecular complexity index is 1480. The number of hydrogen-bond donors (Lipinski definition) is 5. The molecule has 0 spiro atoms. The van der Waals surface area contributed by atoms with Crippen molar-refractivity contribution in [3.63, 3.8) is 0 Å². The van der Waals surface area contributed by atoms with Crippen molar-refractivity contribution in [3.05, 3.63) is 60.3 Å². The number of hydrogen-bond acceptors (Lipinski definition) is 6. The maximum atomic E-state index is 13.5. The van der Waals surface area contributed by atoms with Crippen LogP contribution in [0.25, 0.3) is 10.9 Å². The number of fused-ring (bicyclic) bond motifs is 1. The van der Waals surface area contributed by atoms with Crippen LogP contribution in [-0.4, -0.2) is 66.4 Å². The molecule has 0 saturated heterocycles. The normalized spacial score (nSPS) is 13.7. The number of aliphatic hydroxyl groups excluding tert-OH is 1. The number of nitrogen functional groups attached to an aromatic ring is 1. The molecule has 3 rings (SSSR count). The molecule has 10 nitrogen and oxygen atoms in total. The quantitative estimate of drug-likeness (QED) is 0.118. The second kappa shape index (κ2) is 15.5. The number of amides is 2. The molecule has 11 heteroatoms. The zero-order chi connectivity index (χ0) is 32.5. The molecule has 0 bridgehead atoms. The molecule has 0 radical (unpaired) electrons. The van der Waals surface area contributed by atoms with Gasteiger partial charge in [0.25, 0.3) is 0 Å². The van der Waals surface area contributed by atoms with Crippen molar-refractivity contribution in [2.24, 2.45) is 11.3 Å². The number of nitrogens with two attached hydrogens (primary N) is 1. The summed E-state index contributed by atoms with van der Waals surface area (Å²) >= 11 is 0. The highest BCUT2D eigenvalue weighted by atomic mass is 32.2. The van der Waals surface area contributed by atoms with E-state index in [-0.39, 0.29) is 41.2 Å². The molecular weight excluding hydrogens is 578 g/mol. The van der Waals surface area contributed by atoms with Gasteiger partial charge in [-0.05, 0) is 60.1 Å². The van der Waals surface area contributed by atoms with E-state index in [1.165, 1.54) is 16.4 Å². The number of anilines is 1. The predicted molar refractivity (Wildman–Crippen MR) is 175 cm³/mol. The lowest BCUT2D eigenvalue weighted by Crippen LogP contribution is -2.48. The number of rotatable bonds is 16. The molecular formula is C33H49N5O5S. The molecule has 0 aliphatic carbocycles. The van der Waals surface area contributed by atoms with Crippen LogP contribution in [0.4, 0.5) is 5.69 Å². The van der Waals surface area contributed by atoms with Gasteiger partial charge in [0.1, 0.15) is 6.04 Å². The lowest BCUT2D eigenvalue weighted by Gasteiger charge is -2.31. The molecule has 6 N–H and O–H groups in total. The van der Waals surface area contributed by atoms with Gasteiger partial charge in [0, 0.05) is 54.8 Å². The highest BCUT2D eigenvalue weighted by Gasteiger charge is 2.31. The van der Waals surface area contributed by atoms with E-state index in [0.29, 0.717) is 44.3 Å². The predicted octanol–water partition coefficient (Wildman–Crippen LogP) is 4.21. The summed E-state index contributed by atoms with van der Waals surface area (Å²) in [4.78, 5) is 29.5. The minimum Gasteiger partial charge on any atom is -0.399 e. The molecule has 2 atom stereocenters. The first kappa shape index (κ1) is 35.1. The average Bonchev–Trinajstić information content (AvgIpc) is 3.35. The Hall–Kier alpha value is -3.41. The van der Waals surface area contributed by atoms with Crippen molar-refractivity contribution in [1.29, 1.82) is 0 Å². The van der Waals surface area contributed by atoms with E-state index in [1.807, 2.05) is 65.1 Å². The van der Waals surface area contributed by atoms with Crippen LogP contribution in [0, 0.1) is 11.3 Å². The van der Waals surface area contributed by atoms with Crippen LogP contribution in [0.5, 0.6) is 0 Å². The SMILES string of the molecule is CC(C)CN([C@H](CO)CCCCNC(=O)[C@H](Cc1c[nH]c2ccccc12)NC(=O)CC(C)(C)C)S(=O)(=O)c1ccc(N)cc1. The van der Waals surface area contributed by atoms with Crippen molar-refractivity contribution >= 4 is 38.4 Å². The molecule has 0 fully saturated rings. The lowest BCUT2D eigenvalue weighted by atomic mass is 9.91. The van der Waals surface area contributed by atoms with Crippen LogP contribution in [0.3, 0.4) is 0 Å². The van der Waals surface area contributed by atoms with Crippen LogP contribution in [0.15, 0.2) is 59.6 Å². The van der Waals surface area contributed by atoms with Crippen LogP contribution in [-0.2, 0) is 26.0 Å². The summed E-state index contributed by atoms with van der Waals surface area (Å²) in [6.45, 7) is 10.1. The standard InChI is InChI=1S/C33H49N5O5S/c1-23(2)21-38(44(42,43)27-15-13-25(34)14-16-27)26(22-39)10-8-9-17-35-32(41)30(37-31(40)19-33(3,4)5)18-24-20-36-29-12-7-6-11-28(24)29/h6-7,11-16,20,23,26,30,36,39H,8-10,17-19,21-22,34H2,1-5H3,(H,35,41)(H,37,40)/t26-,30-/m0/s1. The first-order chi connectivity index (χ1) is 20.7. The lowest BCUT2D eigenvalue weighted by molar-refractivity contribution is -0.129. The Kier molecular flexibility index (Phi) is 12.4. The fourth-order valence-electron chi connectivity index (χ4n) is 5.20. The largest absolute Gasteiger partial charge is 0.399 e.